The number of nitrogens with zero attached hydrogens (tertiary/aromatic N) is 3. The van der Waals surface area contributed by atoms with Crippen molar-refractivity contribution in [2.24, 2.45) is 21.7 Å². The first-order chi connectivity index (χ1) is 6.65. The highest BCUT2D eigenvalue weighted by molar-refractivity contribution is 5.99. The maximum absolute atomic E-state index is 11.4. The summed E-state index contributed by atoms with van der Waals surface area (Å²) in [6.45, 7) is 0. The van der Waals surface area contributed by atoms with Gasteiger partial charge in [0.25, 0.3) is 5.91 Å². The molecule has 0 bridgehead atoms. The average Bonchev–Trinajstić information content (AvgIpc) is 2.49. The maximum Gasteiger partial charge on any atom is 0.259 e. The Bertz CT molecular complexity index is 451. The lowest BCUT2D eigenvalue weighted by Gasteiger charge is -2.18. The molecule has 2 aliphatic rings. The summed E-state index contributed by atoms with van der Waals surface area (Å²) in [6, 6.07) is 1.13. The lowest BCUT2D eigenvalue weighted by Crippen LogP contribution is -2.40. The highest BCUT2D eigenvalue weighted by Gasteiger charge is 2.37. The molecule has 0 radical (unpaired) electrons. The number of nitrogens with one attached hydrogen (secondary N) is 1. The number of carbonyl (C=O) groups is 1. The van der Waals surface area contributed by atoms with Crippen molar-refractivity contribution >= 4 is 5.91 Å². The normalized spacial score (nSPS) is 24.8. The van der Waals surface area contributed by atoms with E-state index in [9.17, 15) is 4.79 Å². The lowest BCUT2D eigenvalue weighted by atomic mass is 9.97. The molecule has 0 spiro atoms. The van der Waals surface area contributed by atoms with Crippen LogP contribution in [0.4, 0.5) is 0 Å². The van der Waals surface area contributed by atoms with E-state index in [2.05, 4.69) is 15.5 Å². The minimum atomic E-state index is -0.728. The molecule has 7 heteroatoms. The fourth-order valence-electron chi connectivity index (χ4n) is 1.34. The summed E-state index contributed by atoms with van der Waals surface area (Å²) < 4.78 is 0. The second-order valence-electron chi connectivity index (χ2n) is 2.81. The minimum Gasteiger partial charge on any atom is -0.384 e. The summed E-state index contributed by atoms with van der Waals surface area (Å²) in [5.41, 5.74) is 11.2. The molecule has 7 nitrogen and oxygen atoms in total. The van der Waals surface area contributed by atoms with Crippen molar-refractivity contribution < 1.29 is 4.79 Å². The van der Waals surface area contributed by atoms with Crippen LogP contribution < -0.4 is 16.8 Å². The molecule has 1 amide bonds. The number of hydrogen-bond donors (Lipinski definition) is 3. The highest BCUT2D eigenvalue weighted by Crippen LogP contribution is 2.28. The number of rotatable bonds is 0. The Morgan fingerprint density at radius 1 is 1.50 bits per heavy atom. The van der Waals surface area contributed by atoms with Gasteiger partial charge >= 0.3 is 0 Å². The summed E-state index contributed by atoms with van der Waals surface area (Å²) in [5, 5.41) is 18.3. The second kappa shape index (κ2) is 2.56. The van der Waals surface area contributed by atoms with Crippen molar-refractivity contribution in [3.63, 3.8) is 0 Å². The quantitative estimate of drug-likeness (QED) is 0.443. The van der Waals surface area contributed by atoms with Gasteiger partial charge in [-0.2, -0.15) is 10.4 Å². The van der Waals surface area contributed by atoms with Gasteiger partial charge in [0.15, 0.2) is 5.82 Å². The first-order valence-electron chi connectivity index (χ1n) is 3.76. The summed E-state index contributed by atoms with van der Waals surface area (Å²) in [5.74, 6) is -0.401. The second-order valence-corrected chi connectivity index (χ2v) is 2.81. The van der Waals surface area contributed by atoms with E-state index < -0.39 is 11.9 Å². The maximum atomic E-state index is 11.4. The third-order valence-electron chi connectivity index (χ3n) is 2.01. The van der Waals surface area contributed by atoms with Crippen LogP contribution in [0.25, 0.3) is 0 Å². The van der Waals surface area contributed by atoms with Gasteiger partial charge in [0, 0.05) is 0 Å². The predicted octanol–water partition coefficient (Wildman–Crippen LogP) is -1.19. The van der Waals surface area contributed by atoms with Gasteiger partial charge in [0.05, 0.1) is 5.57 Å². The van der Waals surface area contributed by atoms with Crippen LogP contribution in [0.3, 0.4) is 0 Å². The Balaban J connectivity index is 2.59. The van der Waals surface area contributed by atoms with Gasteiger partial charge in [-0.15, -0.1) is 5.11 Å². The number of nitriles is 1. The van der Waals surface area contributed by atoms with Gasteiger partial charge in [-0.1, -0.05) is 0 Å². The van der Waals surface area contributed by atoms with E-state index in [1.165, 1.54) is 0 Å². The van der Waals surface area contributed by atoms with Crippen LogP contribution in [-0.2, 0) is 4.79 Å². The molecule has 2 aliphatic heterocycles. The summed E-state index contributed by atoms with van der Waals surface area (Å²) in [4.78, 5) is 11.4. The topological polar surface area (TPSA) is 130 Å². The Labute approximate surface area is 78.8 Å². The SMILES string of the molecule is N#CC1=C(N)NC(=O)C2=C(N)N=NC12. The first-order valence-corrected chi connectivity index (χ1v) is 3.76. The molecule has 0 saturated carbocycles. The number of hydrogen-bond acceptors (Lipinski definition) is 6. The van der Waals surface area contributed by atoms with Crippen LogP contribution >= 0.6 is 0 Å². The highest BCUT2D eigenvalue weighted by atomic mass is 16.2. The molecule has 1 unspecified atom stereocenters. The van der Waals surface area contributed by atoms with Crippen molar-refractivity contribution in [3.8, 4) is 6.07 Å². The van der Waals surface area contributed by atoms with E-state index in [1.54, 1.807) is 0 Å². The van der Waals surface area contributed by atoms with E-state index >= 15 is 0 Å². The van der Waals surface area contributed by atoms with Crippen LogP contribution in [0, 0.1) is 11.3 Å². The third-order valence-corrected chi connectivity index (χ3v) is 2.01. The van der Waals surface area contributed by atoms with E-state index in [1.807, 2.05) is 6.07 Å². The smallest absolute Gasteiger partial charge is 0.259 e. The Morgan fingerprint density at radius 2 is 2.21 bits per heavy atom. The number of azo groups is 1. The zero-order chi connectivity index (χ0) is 10.3. The molecule has 0 aliphatic carbocycles. The van der Waals surface area contributed by atoms with Crippen molar-refractivity contribution in [3.05, 3.63) is 22.8 Å². The van der Waals surface area contributed by atoms with Crippen LogP contribution in [-0.4, -0.2) is 11.9 Å². The summed E-state index contributed by atoms with van der Waals surface area (Å²) in [6.07, 6.45) is 0. The first kappa shape index (κ1) is 8.25. The van der Waals surface area contributed by atoms with Crippen molar-refractivity contribution in [1.82, 2.24) is 5.32 Å². The fraction of sp³-hybridized carbons (Fsp3) is 0.143. The molecule has 1 atom stereocenters. The third kappa shape index (κ3) is 0.877. The zero-order valence-corrected chi connectivity index (χ0v) is 6.98. The predicted molar refractivity (Wildman–Crippen MR) is 44.8 cm³/mol. The molecule has 0 fully saturated rings. The van der Waals surface area contributed by atoms with Gasteiger partial charge in [-0.25, -0.2) is 0 Å². The molecule has 2 heterocycles. The molecular weight excluding hydrogens is 184 g/mol. The van der Waals surface area contributed by atoms with Crippen molar-refractivity contribution in [2.45, 2.75) is 6.04 Å². The van der Waals surface area contributed by atoms with Crippen LogP contribution in [0.2, 0.25) is 0 Å². The van der Waals surface area contributed by atoms with Crippen LogP contribution in [0.1, 0.15) is 0 Å². The van der Waals surface area contributed by atoms with Crippen molar-refractivity contribution in [1.29, 1.82) is 5.26 Å². The zero-order valence-electron chi connectivity index (χ0n) is 6.98. The van der Waals surface area contributed by atoms with Crippen LogP contribution in [0.5, 0.6) is 0 Å². The average molecular weight is 190 g/mol. The Hall–Kier alpha value is -2.36. The monoisotopic (exact) mass is 190 g/mol. The van der Waals surface area contributed by atoms with Gasteiger partial charge in [-0.05, 0) is 0 Å². The molecule has 14 heavy (non-hydrogen) atoms. The van der Waals surface area contributed by atoms with Gasteiger partial charge in [0.1, 0.15) is 23.5 Å². The number of nitrogens with two attached hydrogens (primary N) is 2. The van der Waals surface area contributed by atoms with Gasteiger partial charge < -0.3 is 16.8 Å². The molecule has 0 aromatic rings. The van der Waals surface area contributed by atoms with Gasteiger partial charge in [-0.3, -0.25) is 4.79 Å². The van der Waals surface area contributed by atoms with E-state index in [0.29, 0.717) is 0 Å². The molecule has 0 aromatic heterocycles. The number of amides is 1. The number of carbonyl (C=O) groups excluding carboxylic acids is 1. The molecule has 5 N–H and O–H groups in total. The number of fused-ring (bicyclic) bond motifs is 1. The minimum absolute atomic E-state index is 0.0138. The molecular formula is C7H6N6O. The van der Waals surface area contributed by atoms with Crippen LogP contribution in [0.15, 0.2) is 33.0 Å². The molecule has 70 valence electrons. The molecule has 0 aromatic carbocycles. The standard InChI is InChI=1S/C7H6N6O/c8-1-2-4-3(6(10)13-12-4)7(14)11-5(2)9/h4H,9-10H2,(H,11,14). The molecule has 0 saturated heterocycles. The van der Waals surface area contributed by atoms with Gasteiger partial charge in [0.2, 0.25) is 0 Å². The Morgan fingerprint density at radius 3 is 2.86 bits per heavy atom. The van der Waals surface area contributed by atoms with E-state index in [0.717, 1.165) is 0 Å². The van der Waals surface area contributed by atoms with Crippen molar-refractivity contribution in [2.75, 3.05) is 0 Å². The largest absolute Gasteiger partial charge is 0.384 e. The summed E-state index contributed by atoms with van der Waals surface area (Å²) >= 11 is 0. The van der Waals surface area contributed by atoms with E-state index in [-0.39, 0.29) is 22.8 Å². The molecule has 2 rings (SSSR count). The summed E-state index contributed by atoms with van der Waals surface area (Å²) in [7, 11) is 0. The fourth-order valence-corrected chi connectivity index (χ4v) is 1.34. The lowest BCUT2D eigenvalue weighted by molar-refractivity contribution is -0.117. The Kier molecular flexibility index (Phi) is 1.51. The van der Waals surface area contributed by atoms with E-state index in [4.69, 9.17) is 16.7 Å².